The molecule has 5 nitrogen and oxygen atoms in total. The van der Waals surface area contributed by atoms with Crippen LogP contribution in [0, 0.1) is 0 Å². The molecular weight excluding hydrogens is 268 g/mol. The first-order chi connectivity index (χ1) is 10.1. The number of hydrogen-bond donors (Lipinski definition) is 2. The maximum absolute atomic E-state index is 11.0. The molecule has 0 radical (unpaired) electrons. The van der Waals surface area contributed by atoms with Crippen LogP contribution in [0.15, 0.2) is 42.6 Å². The lowest BCUT2D eigenvalue weighted by molar-refractivity contribution is 0.0696. The molecule has 2 N–H and O–H groups in total. The van der Waals surface area contributed by atoms with Gasteiger partial charge in [-0.2, -0.15) is 0 Å². The molecule has 0 spiro atoms. The number of carboxylic acids is 1. The minimum Gasteiger partial charge on any atom is -0.478 e. The van der Waals surface area contributed by atoms with Crippen LogP contribution in [0.5, 0.6) is 11.6 Å². The summed E-state index contributed by atoms with van der Waals surface area (Å²) in [6, 6.07) is 10.5. The van der Waals surface area contributed by atoms with E-state index in [2.05, 4.69) is 24.1 Å². The van der Waals surface area contributed by atoms with Crippen molar-refractivity contribution >= 4 is 5.97 Å². The molecule has 0 fully saturated rings. The Kier molecular flexibility index (Phi) is 4.90. The Morgan fingerprint density at radius 1 is 1.33 bits per heavy atom. The Balaban J connectivity index is 2.19. The molecule has 0 aliphatic rings. The van der Waals surface area contributed by atoms with Gasteiger partial charge in [0.15, 0.2) is 0 Å². The highest BCUT2D eigenvalue weighted by Crippen LogP contribution is 2.23. The van der Waals surface area contributed by atoms with Crippen LogP contribution in [0.4, 0.5) is 0 Å². The fourth-order valence-electron chi connectivity index (χ4n) is 1.77. The summed E-state index contributed by atoms with van der Waals surface area (Å²) in [4.78, 5) is 15.2. The highest BCUT2D eigenvalue weighted by Gasteiger charge is 2.09. The Morgan fingerprint density at radius 3 is 2.86 bits per heavy atom. The monoisotopic (exact) mass is 286 g/mol. The van der Waals surface area contributed by atoms with Crippen molar-refractivity contribution in [1.82, 2.24) is 10.3 Å². The second-order valence-electron chi connectivity index (χ2n) is 4.94. The van der Waals surface area contributed by atoms with Gasteiger partial charge in [-0.05, 0) is 24.3 Å². The number of benzene rings is 1. The largest absolute Gasteiger partial charge is 0.478 e. The number of carboxylic acid groups (broad SMARTS) is 1. The molecule has 0 saturated carbocycles. The van der Waals surface area contributed by atoms with Crippen LogP contribution in [0.1, 0.15) is 29.8 Å². The summed E-state index contributed by atoms with van der Waals surface area (Å²) in [7, 11) is 0. The van der Waals surface area contributed by atoms with Crippen molar-refractivity contribution in [3.05, 3.63) is 53.7 Å². The molecule has 0 aliphatic heterocycles. The zero-order valence-electron chi connectivity index (χ0n) is 12.0. The van der Waals surface area contributed by atoms with Gasteiger partial charge in [-0.25, -0.2) is 9.78 Å². The first-order valence-corrected chi connectivity index (χ1v) is 6.74. The van der Waals surface area contributed by atoms with E-state index >= 15 is 0 Å². The zero-order chi connectivity index (χ0) is 15.2. The molecule has 0 saturated heterocycles. The normalized spacial score (nSPS) is 10.6. The van der Waals surface area contributed by atoms with E-state index in [1.54, 1.807) is 18.3 Å². The van der Waals surface area contributed by atoms with Gasteiger partial charge in [0, 0.05) is 24.3 Å². The molecule has 0 amide bonds. The summed E-state index contributed by atoms with van der Waals surface area (Å²) in [6.45, 7) is 4.76. The highest BCUT2D eigenvalue weighted by atomic mass is 16.5. The van der Waals surface area contributed by atoms with Crippen LogP contribution in [0.2, 0.25) is 0 Å². The van der Waals surface area contributed by atoms with E-state index in [0.717, 1.165) is 5.56 Å². The number of pyridine rings is 1. The van der Waals surface area contributed by atoms with Gasteiger partial charge >= 0.3 is 5.97 Å². The third kappa shape index (κ3) is 4.29. The molecule has 0 aliphatic carbocycles. The molecule has 5 heteroatoms. The predicted octanol–water partition coefficient (Wildman–Crippen LogP) is 3.07. The topological polar surface area (TPSA) is 71.5 Å². The molecular formula is C16H18N2O3. The van der Waals surface area contributed by atoms with E-state index in [1.807, 2.05) is 12.1 Å². The number of nitrogens with zero attached hydrogens (tertiary/aromatic N) is 1. The minimum absolute atomic E-state index is 0.185. The summed E-state index contributed by atoms with van der Waals surface area (Å²) >= 11 is 0. The first-order valence-electron chi connectivity index (χ1n) is 6.74. The van der Waals surface area contributed by atoms with Gasteiger partial charge in [-0.15, -0.1) is 0 Å². The Labute approximate surface area is 123 Å². The third-order valence-corrected chi connectivity index (χ3v) is 2.85. The van der Waals surface area contributed by atoms with E-state index in [4.69, 9.17) is 9.84 Å². The van der Waals surface area contributed by atoms with Crippen molar-refractivity contribution in [3.63, 3.8) is 0 Å². The van der Waals surface area contributed by atoms with Gasteiger partial charge in [0.1, 0.15) is 5.75 Å². The summed E-state index contributed by atoms with van der Waals surface area (Å²) < 4.78 is 5.72. The van der Waals surface area contributed by atoms with Crippen LogP contribution in [-0.4, -0.2) is 22.1 Å². The smallest absolute Gasteiger partial charge is 0.335 e. The van der Waals surface area contributed by atoms with E-state index < -0.39 is 5.97 Å². The minimum atomic E-state index is -0.983. The average molecular weight is 286 g/mol. The summed E-state index contributed by atoms with van der Waals surface area (Å²) in [5, 5.41) is 12.3. The Bertz CT molecular complexity index is 626. The second kappa shape index (κ2) is 6.85. The van der Waals surface area contributed by atoms with Crippen molar-refractivity contribution in [1.29, 1.82) is 0 Å². The zero-order valence-corrected chi connectivity index (χ0v) is 12.0. The van der Waals surface area contributed by atoms with Gasteiger partial charge < -0.3 is 15.2 Å². The SMILES string of the molecule is CC(C)NCc1cccnc1Oc1cccc(C(=O)O)c1. The molecule has 1 aromatic heterocycles. The van der Waals surface area contributed by atoms with E-state index in [-0.39, 0.29) is 5.56 Å². The first kappa shape index (κ1) is 15.0. The fraction of sp³-hybridized carbons (Fsp3) is 0.250. The van der Waals surface area contributed by atoms with Crippen LogP contribution < -0.4 is 10.1 Å². The number of aromatic nitrogens is 1. The van der Waals surface area contributed by atoms with E-state index in [0.29, 0.717) is 24.2 Å². The van der Waals surface area contributed by atoms with Gasteiger partial charge in [0.25, 0.3) is 0 Å². The summed E-state index contributed by atoms with van der Waals surface area (Å²) in [5.41, 5.74) is 1.11. The molecule has 2 aromatic rings. The maximum Gasteiger partial charge on any atom is 0.335 e. The number of ether oxygens (including phenoxy) is 1. The van der Waals surface area contributed by atoms with Crippen LogP contribution in [0.25, 0.3) is 0 Å². The van der Waals surface area contributed by atoms with Gasteiger partial charge in [-0.1, -0.05) is 26.0 Å². The molecule has 110 valence electrons. The average Bonchev–Trinajstić information content (AvgIpc) is 2.46. The molecule has 0 bridgehead atoms. The van der Waals surface area contributed by atoms with Crippen LogP contribution in [0.3, 0.4) is 0 Å². The molecule has 1 aromatic carbocycles. The van der Waals surface area contributed by atoms with Crippen molar-refractivity contribution in [2.24, 2.45) is 0 Å². The second-order valence-corrected chi connectivity index (χ2v) is 4.94. The highest BCUT2D eigenvalue weighted by molar-refractivity contribution is 5.88. The molecule has 0 atom stereocenters. The van der Waals surface area contributed by atoms with E-state index in [1.165, 1.54) is 12.1 Å². The number of aromatic carboxylic acids is 1. The Morgan fingerprint density at radius 2 is 2.14 bits per heavy atom. The molecule has 0 unspecified atom stereocenters. The lowest BCUT2D eigenvalue weighted by Crippen LogP contribution is -2.22. The molecule has 2 rings (SSSR count). The number of hydrogen-bond acceptors (Lipinski definition) is 4. The fourth-order valence-corrected chi connectivity index (χ4v) is 1.77. The van der Waals surface area contributed by atoms with Gasteiger partial charge in [0.2, 0.25) is 5.88 Å². The van der Waals surface area contributed by atoms with Gasteiger partial charge in [-0.3, -0.25) is 0 Å². The molecule has 1 heterocycles. The number of carbonyl (C=O) groups is 1. The predicted molar refractivity (Wildman–Crippen MR) is 79.7 cm³/mol. The van der Waals surface area contributed by atoms with Gasteiger partial charge in [0.05, 0.1) is 5.56 Å². The van der Waals surface area contributed by atoms with Crippen molar-refractivity contribution in [2.75, 3.05) is 0 Å². The Hall–Kier alpha value is -2.40. The van der Waals surface area contributed by atoms with Crippen LogP contribution >= 0.6 is 0 Å². The van der Waals surface area contributed by atoms with Crippen molar-refractivity contribution in [2.45, 2.75) is 26.4 Å². The van der Waals surface area contributed by atoms with Crippen LogP contribution in [-0.2, 0) is 6.54 Å². The lowest BCUT2D eigenvalue weighted by atomic mass is 10.2. The summed E-state index contributed by atoms with van der Waals surface area (Å²) in [6.07, 6.45) is 1.65. The summed E-state index contributed by atoms with van der Waals surface area (Å²) in [5.74, 6) is -0.0456. The van der Waals surface area contributed by atoms with E-state index in [9.17, 15) is 4.79 Å². The standard InChI is InChI=1S/C16H18N2O3/c1-11(2)18-10-13-6-4-8-17-15(13)21-14-7-3-5-12(9-14)16(19)20/h3-9,11,18H,10H2,1-2H3,(H,19,20). The number of nitrogens with one attached hydrogen (secondary N) is 1. The molecule has 21 heavy (non-hydrogen) atoms. The van der Waals surface area contributed by atoms with Crippen molar-refractivity contribution < 1.29 is 14.6 Å². The quantitative estimate of drug-likeness (QED) is 0.854. The third-order valence-electron chi connectivity index (χ3n) is 2.85. The number of rotatable bonds is 6. The van der Waals surface area contributed by atoms with Crippen molar-refractivity contribution in [3.8, 4) is 11.6 Å². The maximum atomic E-state index is 11.0. The lowest BCUT2D eigenvalue weighted by Gasteiger charge is -2.12.